The van der Waals surface area contributed by atoms with Gasteiger partial charge in [0.1, 0.15) is 5.69 Å². The molecule has 4 heterocycles. The summed E-state index contributed by atoms with van der Waals surface area (Å²) in [5.74, 6) is 0.411. The average molecular weight is 702 g/mol. The summed E-state index contributed by atoms with van der Waals surface area (Å²) in [6, 6.07) is 7.54. The molecular formula is C26H33N5O3U. The summed E-state index contributed by atoms with van der Waals surface area (Å²) < 4.78 is 9.14. The molecule has 35 heavy (non-hydrogen) atoms. The van der Waals surface area contributed by atoms with Gasteiger partial charge in [-0.25, -0.2) is 4.68 Å². The van der Waals surface area contributed by atoms with E-state index in [-0.39, 0.29) is 55.9 Å². The molecule has 3 aromatic rings. The van der Waals surface area contributed by atoms with E-state index in [0.717, 1.165) is 47.5 Å². The molecule has 0 bridgehead atoms. The van der Waals surface area contributed by atoms with E-state index in [1.54, 1.807) is 15.3 Å². The molecule has 0 aliphatic carbocycles. The van der Waals surface area contributed by atoms with E-state index < -0.39 is 0 Å². The average Bonchev–Trinajstić information content (AvgIpc) is 3.16. The van der Waals surface area contributed by atoms with Gasteiger partial charge in [-0.15, -0.1) is 11.5 Å². The predicted molar refractivity (Wildman–Crippen MR) is 131 cm³/mol. The van der Waals surface area contributed by atoms with Gasteiger partial charge in [0.2, 0.25) is 0 Å². The van der Waals surface area contributed by atoms with E-state index in [1.165, 1.54) is 0 Å². The molecule has 0 radical (unpaired) electrons. The molecule has 184 valence electrons. The van der Waals surface area contributed by atoms with Gasteiger partial charge in [0.25, 0.3) is 5.56 Å². The van der Waals surface area contributed by atoms with Crippen molar-refractivity contribution in [2.45, 2.75) is 52.0 Å². The number of nitrogens with zero attached hydrogens (tertiary/aromatic N) is 5. The first-order chi connectivity index (χ1) is 16.0. The van der Waals surface area contributed by atoms with Crippen LogP contribution in [0.3, 0.4) is 0 Å². The normalized spacial score (nSPS) is 17.3. The van der Waals surface area contributed by atoms with Crippen LogP contribution in [0.5, 0.6) is 0 Å². The van der Waals surface area contributed by atoms with E-state index >= 15 is 0 Å². The van der Waals surface area contributed by atoms with Gasteiger partial charge in [-0.3, -0.25) is 16.1 Å². The fraction of sp³-hybridized carbons (Fsp3) is 0.462. The minimum absolute atomic E-state index is 0. The number of hydrogen-bond acceptors (Lipinski definition) is 6. The fourth-order valence-corrected chi connectivity index (χ4v) is 4.58. The number of pyridine rings is 2. The van der Waals surface area contributed by atoms with Crippen molar-refractivity contribution in [2.24, 2.45) is 13.0 Å². The monoisotopic (exact) mass is 701 g/mol. The SMILES string of the molecule is CCCc1ccc(=O)n(Cc2c(-c3ccc(C4COCC(C[C-]=O)C4)c(C)n3)nnn2C)c1.[CH3-].[U+2]. The zero-order valence-corrected chi connectivity index (χ0v) is 25.1. The molecule has 2 atom stereocenters. The van der Waals surface area contributed by atoms with Crippen LogP contribution in [0, 0.1) is 51.4 Å². The molecule has 0 aromatic carbocycles. The van der Waals surface area contributed by atoms with Crippen LogP contribution in [0.15, 0.2) is 35.3 Å². The van der Waals surface area contributed by atoms with Gasteiger partial charge in [-0.05, 0) is 42.9 Å². The van der Waals surface area contributed by atoms with Crippen LogP contribution in [-0.2, 0) is 29.5 Å². The summed E-state index contributed by atoms with van der Waals surface area (Å²) in [5, 5.41) is 8.56. The van der Waals surface area contributed by atoms with Gasteiger partial charge < -0.3 is 21.5 Å². The Morgan fingerprint density at radius 3 is 2.71 bits per heavy atom. The van der Waals surface area contributed by atoms with Crippen molar-refractivity contribution in [3.8, 4) is 11.4 Å². The van der Waals surface area contributed by atoms with Gasteiger partial charge >= 0.3 is 31.1 Å². The Hall–Kier alpha value is -2.08. The minimum atomic E-state index is -0.0547. The Morgan fingerprint density at radius 2 is 2.00 bits per heavy atom. The summed E-state index contributed by atoms with van der Waals surface area (Å²) in [6.45, 7) is 5.72. The van der Waals surface area contributed by atoms with Gasteiger partial charge in [0.15, 0.2) is 0 Å². The van der Waals surface area contributed by atoms with Crippen LogP contribution in [0.25, 0.3) is 11.4 Å². The molecule has 0 amide bonds. The quantitative estimate of drug-likeness (QED) is 0.335. The molecule has 1 fully saturated rings. The summed E-state index contributed by atoms with van der Waals surface area (Å²) in [6.07, 6.45) is 7.17. The second-order valence-electron chi connectivity index (χ2n) is 8.82. The van der Waals surface area contributed by atoms with Crippen molar-refractivity contribution in [1.82, 2.24) is 24.5 Å². The van der Waals surface area contributed by atoms with E-state index in [1.807, 2.05) is 38.6 Å². The minimum Gasteiger partial charge on any atom is -0.542 e. The second kappa shape index (κ2) is 13.3. The van der Waals surface area contributed by atoms with Crippen LogP contribution in [-0.4, -0.2) is 44.0 Å². The Kier molecular flexibility index (Phi) is 11.1. The van der Waals surface area contributed by atoms with Crippen LogP contribution in [0.2, 0.25) is 0 Å². The molecule has 1 aliphatic rings. The molecule has 2 unspecified atom stereocenters. The van der Waals surface area contributed by atoms with Crippen LogP contribution in [0.1, 0.15) is 54.6 Å². The van der Waals surface area contributed by atoms with E-state index in [2.05, 4.69) is 23.3 Å². The topological polar surface area (TPSA) is 91.9 Å². The second-order valence-corrected chi connectivity index (χ2v) is 8.82. The number of aryl methyl sites for hydroxylation is 3. The number of hydrogen-bond donors (Lipinski definition) is 0. The number of rotatable bonds is 8. The summed E-state index contributed by atoms with van der Waals surface area (Å²) >= 11 is 0. The molecule has 3 aromatic heterocycles. The molecule has 1 aliphatic heterocycles. The van der Waals surface area contributed by atoms with Crippen molar-refractivity contribution in [3.63, 3.8) is 0 Å². The number of aromatic nitrogens is 5. The number of carbonyl (C=O) groups excluding carboxylic acids is 1. The maximum absolute atomic E-state index is 12.5. The smallest absolute Gasteiger partial charge is 0.542 e. The summed E-state index contributed by atoms with van der Waals surface area (Å²) in [4.78, 5) is 28.1. The van der Waals surface area contributed by atoms with Crippen LogP contribution in [0.4, 0.5) is 0 Å². The molecule has 0 N–H and O–H groups in total. The Balaban J connectivity index is 0.00000216. The molecule has 1 saturated heterocycles. The van der Waals surface area contributed by atoms with Crippen molar-refractivity contribution in [1.29, 1.82) is 0 Å². The van der Waals surface area contributed by atoms with E-state index in [9.17, 15) is 9.59 Å². The zero-order valence-electron chi connectivity index (χ0n) is 21.0. The Bertz CT molecular complexity index is 1190. The molecular weight excluding hydrogens is 668 g/mol. The van der Waals surface area contributed by atoms with E-state index in [0.29, 0.717) is 31.9 Å². The number of ether oxygens (including phenoxy) is 1. The molecule has 0 saturated carbocycles. The van der Waals surface area contributed by atoms with E-state index in [4.69, 9.17) is 9.72 Å². The van der Waals surface area contributed by atoms with Gasteiger partial charge in [0.05, 0.1) is 24.5 Å². The van der Waals surface area contributed by atoms with Gasteiger partial charge in [0, 0.05) is 37.5 Å². The van der Waals surface area contributed by atoms with Crippen molar-refractivity contribution in [2.75, 3.05) is 13.2 Å². The van der Waals surface area contributed by atoms with Crippen molar-refractivity contribution in [3.05, 3.63) is 70.8 Å². The first-order valence-corrected chi connectivity index (χ1v) is 11.5. The van der Waals surface area contributed by atoms with Crippen molar-refractivity contribution >= 4 is 6.29 Å². The summed E-state index contributed by atoms with van der Waals surface area (Å²) in [7, 11) is 1.83. The summed E-state index contributed by atoms with van der Waals surface area (Å²) in [5.41, 5.74) is 5.35. The fourth-order valence-electron chi connectivity index (χ4n) is 4.58. The molecule has 9 heteroatoms. The first-order valence-electron chi connectivity index (χ1n) is 11.5. The Morgan fingerprint density at radius 1 is 1.20 bits per heavy atom. The third-order valence-electron chi connectivity index (χ3n) is 6.32. The first kappa shape index (κ1) is 29.2. The largest absolute Gasteiger partial charge is 2.00 e. The standard InChI is InChI=1S/C25H30N5O3.CH3.U/c1-4-5-18-6-9-24(32)30(13-18)14-23-25(27-28-29(23)3)22-8-7-21(17(2)26-22)20-12-19(10-11-31)15-33-16-20;;/h6-9,13,19-20H,4-5,10,12,14-16H2,1-3H3;1H3;/q2*-1;+2. The zero-order chi connectivity index (χ0) is 23.4. The third-order valence-corrected chi connectivity index (χ3v) is 6.32. The Labute approximate surface area is 230 Å². The van der Waals surface area contributed by atoms with Crippen LogP contribution >= 0.6 is 0 Å². The molecule has 4 rings (SSSR count). The maximum atomic E-state index is 12.5. The van der Waals surface area contributed by atoms with Crippen molar-refractivity contribution < 1.29 is 40.6 Å². The third kappa shape index (κ3) is 6.78. The predicted octanol–water partition coefficient (Wildman–Crippen LogP) is 3.42. The van der Waals surface area contributed by atoms with Crippen LogP contribution < -0.4 is 5.56 Å². The van der Waals surface area contributed by atoms with Gasteiger partial charge in [-0.2, -0.15) is 0 Å². The molecule has 8 nitrogen and oxygen atoms in total. The maximum Gasteiger partial charge on any atom is 2.00 e. The molecule has 0 spiro atoms. The van der Waals surface area contributed by atoms with Gasteiger partial charge in [-0.1, -0.05) is 30.7 Å².